The summed E-state index contributed by atoms with van der Waals surface area (Å²) >= 11 is 3.42. The van der Waals surface area contributed by atoms with Gasteiger partial charge in [-0.1, -0.05) is 46.3 Å². The Morgan fingerprint density at radius 2 is 1.72 bits per heavy atom. The first kappa shape index (κ1) is 11.2. The molecule has 0 unspecified atom stereocenters. The number of fused-ring (bicyclic) bond motifs is 1. The molecule has 3 rings (SSSR count). The Bertz CT molecular complexity index is 762. The lowest BCUT2D eigenvalue weighted by atomic mass is 10.1. The van der Waals surface area contributed by atoms with Crippen LogP contribution in [-0.4, -0.2) is 4.40 Å². The number of aromatic nitrogens is 1. The van der Waals surface area contributed by atoms with Crippen molar-refractivity contribution in [2.75, 3.05) is 0 Å². The molecule has 3 heteroatoms. The molecule has 0 radical (unpaired) electrons. The van der Waals surface area contributed by atoms with Crippen LogP contribution < -0.4 is 5.43 Å². The average Bonchev–Trinajstić information content (AvgIpc) is 2.38. The molecule has 0 N–H and O–H groups in total. The fourth-order valence-electron chi connectivity index (χ4n) is 2.04. The molecule has 0 aliphatic rings. The highest BCUT2D eigenvalue weighted by atomic mass is 79.9. The van der Waals surface area contributed by atoms with E-state index in [-0.39, 0.29) is 5.43 Å². The Hall–Kier alpha value is -1.87. The van der Waals surface area contributed by atoms with Crippen LogP contribution >= 0.6 is 15.9 Å². The summed E-state index contributed by atoms with van der Waals surface area (Å²) in [6.45, 7) is 0. The van der Waals surface area contributed by atoms with Crippen LogP contribution in [0, 0.1) is 0 Å². The van der Waals surface area contributed by atoms with Crippen molar-refractivity contribution in [2.45, 2.75) is 0 Å². The van der Waals surface area contributed by atoms with Gasteiger partial charge in [0.05, 0.1) is 11.2 Å². The third-order valence-electron chi connectivity index (χ3n) is 2.84. The third kappa shape index (κ3) is 1.97. The molecule has 0 atom stereocenters. The molecular weight excluding hydrogens is 290 g/mol. The molecule has 2 nitrogen and oxygen atoms in total. The first-order valence-corrected chi connectivity index (χ1v) is 6.41. The van der Waals surface area contributed by atoms with Gasteiger partial charge in [0.2, 0.25) is 0 Å². The van der Waals surface area contributed by atoms with Gasteiger partial charge in [-0.2, -0.15) is 0 Å². The van der Waals surface area contributed by atoms with E-state index < -0.39 is 0 Å². The van der Waals surface area contributed by atoms with Gasteiger partial charge in [-0.25, -0.2) is 0 Å². The van der Waals surface area contributed by atoms with E-state index in [0.717, 1.165) is 21.2 Å². The predicted octanol–water partition coefficient (Wildman–Crippen LogP) is 3.73. The number of halogens is 1. The van der Waals surface area contributed by atoms with Crippen molar-refractivity contribution < 1.29 is 0 Å². The molecular formula is C15H10BrNO. The van der Waals surface area contributed by atoms with Gasteiger partial charge in [-0.3, -0.25) is 4.79 Å². The molecule has 18 heavy (non-hydrogen) atoms. The highest BCUT2D eigenvalue weighted by Gasteiger charge is 2.04. The van der Waals surface area contributed by atoms with Crippen molar-refractivity contribution in [1.29, 1.82) is 0 Å². The van der Waals surface area contributed by atoms with Crippen molar-refractivity contribution >= 4 is 21.4 Å². The maximum Gasteiger partial charge on any atom is 0.182 e. The van der Waals surface area contributed by atoms with Crippen molar-refractivity contribution in [2.24, 2.45) is 0 Å². The molecule has 88 valence electrons. The van der Waals surface area contributed by atoms with E-state index >= 15 is 0 Å². The summed E-state index contributed by atoms with van der Waals surface area (Å²) < 4.78 is 2.98. The number of hydrogen-bond acceptors (Lipinski definition) is 1. The summed E-state index contributed by atoms with van der Waals surface area (Å²) in [6, 6.07) is 17.1. The number of nitrogens with zero attached hydrogens (tertiary/aromatic N) is 1. The van der Waals surface area contributed by atoms with Crippen LogP contribution in [0.2, 0.25) is 0 Å². The van der Waals surface area contributed by atoms with E-state index in [0.29, 0.717) is 0 Å². The molecule has 0 fully saturated rings. The van der Waals surface area contributed by atoms with Gasteiger partial charge < -0.3 is 4.40 Å². The van der Waals surface area contributed by atoms with Gasteiger partial charge in [-0.15, -0.1) is 0 Å². The maximum atomic E-state index is 11.8. The Labute approximate surface area is 113 Å². The summed E-state index contributed by atoms with van der Waals surface area (Å²) in [7, 11) is 0. The molecule has 0 saturated carbocycles. The van der Waals surface area contributed by atoms with Crippen LogP contribution in [0.15, 0.2) is 70.1 Å². The number of benzene rings is 1. The lowest BCUT2D eigenvalue weighted by molar-refractivity contribution is 1.16. The number of pyridine rings is 2. The minimum atomic E-state index is 0.0203. The predicted molar refractivity (Wildman–Crippen MR) is 76.8 cm³/mol. The monoisotopic (exact) mass is 299 g/mol. The van der Waals surface area contributed by atoms with Crippen LogP contribution in [0.5, 0.6) is 0 Å². The van der Waals surface area contributed by atoms with E-state index in [1.807, 2.05) is 53.1 Å². The Morgan fingerprint density at radius 1 is 0.944 bits per heavy atom. The summed E-state index contributed by atoms with van der Waals surface area (Å²) in [5.74, 6) is 0. The molecule has 0 aliphatic heterocycles. The fraction of sp³-hybridized carbons (Fsp3) is 0. The Kier molecular flexibility index (Phi) is 2.76. The summed E-state index contributed by atoms with van der Waals surface area (Å²) in [5.41, 5.74) is 2.85. The Morgan fingerprint density at radius 3 is 2.50 bits per heavy atom. The molecule has 0 spiro atoms. The highest BCUT2D eigenvalue weighted by molar-refractivity contribution is 9.10. The first-order valence-electron chi connectivity index (χ1n) is 5.61. The molecule has 3 aromatic rings. The molecule has 0 aliphatic carbocycles. The quantitative estimate of drug-likeness (QED) is 0.671. The van der Waals surface area contributed by atoms with Gasteiger partial charge in [0.25, 0.3) is 0 Å². The second-order valence-electron chi connectivity index (χ2n) is 4.08. The zero-order valence-corrected chi connectivity index (χ0v) is 11.1. The lowest BCUT2D eigenvalue weighted by Gasteiger charge is -2.09. The number of rotatable bonds is 1. The fourth-order valence-corrected chi connectivity index (χ4v) is 2.40. The van der Waals surface area contributed by atoms with E-state index in [2.05, 4.69) is 15.9 Å². The van der Waals surface area contributed by atoms with Crippen LogP contribution in [0.3, 0.4) is 0 Å². The van der Waals surface area contributed by atoms with Gasteiger partial charge in [0, 0.05) is 22.8 Å². The van der Waals surface area contributed by atoms with Crippen molar-refractivity contribution in [3.8, 4) is 11.3 Å². The standard InChI is InChI=1S/C15H10BrNO/c16-12-6-7-17-13(8-12)9-14(18)10-15(17)11-4-2-1-3-5-11/h1-10H. The minimum Gasteiger partial charge on any atom is -0.316 e. The second kappa shape index (κ2) is 4.42. The summed E-state index contributed by atoms with van der Waals surface area (Å²) in [4.78, 5) is 11.8. The van der Waals surface area contributed by atoms with Gasteiger partial charge in [0.1, 0.15) is 0 Å². The normalized spacial score (nSPS) is 10.7. The molecule has 0 bridgehead atoms. The molecule has 0 saturated heterocycles. The van der Waals surface area contributed by atoms with Crippen LogP contribution in [-0.2, 0) is 0 Å². The van der Waals surface area contributed by atoms with Crippen LogP contribution in [0.25, 0.3) is 16.8 Å². The van der Waals surface area contributed by atoms with E-state index in [1.54, 1.807) is 12.1 Å². The second-order valence-corrected chi connectivity index (χ2v) is 5.00. The highest BCUT2D eigenvalue weighted by Crippen LogP contribution is 2.20. The van der Waals surface area contributed by atoms with Crippen molar-refractivity contribution in [1.82, 2.24) is 4.40 Å². The van der Waals surface area contributed by atoms with E-state index in [9.17, 15) is 4.79 Å². The van der Waals surface area contributed by atoms with E-state index in [1.165, 1.54) is 0 Å². The average molecular weight is 300 g/mol. The lowest BCUT2D eigenvalue weighted by Crippen LogP contribution is -2.04. The SMILES string of the molecule is O=c1cc(-c2ccccc2)n2ccc(Br)cc2c1. The minimum absolute atomic E-state index is 0.0203. The van der Waals surface area contributed by atoms with Crippen molar-refractivity contribution in [3.05, 3.63) is 75.5 Å². The number of hydrogen-bond donors (Lipinski definition) is 0. The van der Waals surface area contributed by atoms with Gasteiger partial charge in [-0.05, 0) is 17.7 Å². The van der Waals surface area contributed by atoms with E-state index in [4.69, 9.17) is 0 Å². The van der Waals surface area contributed by atoms with Crippen molar-refractivity contribution in [3.63, 3.8) is 0 Å². The largest absolute Gasteiger partial charge is 0.316 e. The molecule has 2 heterocycles. The smallest absolute Gasteiger partial charge is 0.182 e. The molecule has 1 aromatic carbocycles. The maximum absolute atomic E-state index is 11.8. The first-order chi connectivity index (χ1) is 8.74. The third-order valence-corrected chi connectivity index (χ3v) is 3.34. The van der Waals surface area contributed by atoms with Gasteiger partial charge >= 0.3 is 0 Å². The van der Waals surface area contributed by atoms with Crippen LogP contribution in [0.1, 0.15) is 0 Å². The zero-order valence-electron chi connectivity index (χ0n) is 9.51. The summed E-state index contributed by atoms with van der Waals surface area (Å²) in [5, 5.41) is 0. The van der Waals surface area contributed by atoms with Gasteiger partial charge in [0.15, 0.2) is 5.43 Å². The topological polar surface area (TPSA) is 21.5 Å². The zero-order chi connectivity index (χ0) is 12.5. The summed E-state index contributed by atoms with van der Waals surface area (Å²) in [6.07, 6.45) is 1.96. The Balaban J connectivity index is 2.39. The molecule has 2 aromatic heterocycles. The molecule has 0 amide bonds. The van der Waals surface area contributed by atoms with Crippen LogP contribution in [0.4, 0.5) is 0 Å².